The lowest BCUT2D eigenvalue weighted by molar-refractivity contribution is 0.0981. The minimum absolute atomic E-state index is 0.184. The number of fused-ring (bicyclic) bond motifs is 1. The van der Waals surface area contributed by atoms with Crippen molar-refractivity contribution in [2.75, 3.05) is 0 Å². The first kappa shape index (κ1) is 12.9. The number of thiophene rings is 1. The summed E-state index contributed by atoms with van der Waals surface area (Å²) in [6, 6.07) is 4.35. The number of hydrogen-bond acceptors (Lipinski definition) is 2. The fraction of sp³-hybridized carbons (Fsp3) is 0.500. The van der Waals surface area contributed by atoms with Gasteiger partial charge in [0, 0.05) is 23.5 Å². The van der Waals surface area contributed by atoms with Crippen LogP contribution in [0.2, 0.25) is 0 Å². The van der Waals surface area contributed by atoms with Crippen molar-refractivity contribution in [2.24, 2.45) is 5.41 Å². The van der Waals surface area contributed by atoms with Crippen LogP contribution in [0.1, 0.15) is 48.9 Å². The minimum atomic E-state index is -0.304. The summed E-state index contributed by atoms with van der Waals surface area (Å²) in [6.45, 7) is 7.56. The number of aliphatic hydroxyl groups excluding tert-OH is 1. The summed E-state index contributed by atoms with van der Waals surface area (Å²) >= 11 is 1.74. The van der Waals surface area contributed by atoms with Crippen molar-refractivity contribution in [2.45, 2.75) is 46.3 Å². The first-order valence-electron chi connectivity index (χ1n) is 6.84. The Kier molecular flexibility index (Phi) is 3.06. The maximum absolute atomic E-state index is 10.3. The Morgan fingerprint density at radius 1 is 1.47 bits per heavy atom. The zero-order chi connectivity index (χ0) is 13.6. The third kappa shape index (κ3) is 2.37. The molecular weight excluding hydrogens is 254 g/mol. The summed E-state index contributed by atoms with van der Waals surface area (Å²) in [5, 5.41) is 14.7. The maximum atomic E-state index is 10.3. The summed E-state index contributed by atoms with van der Waals surface area (Å²) in [4.78, 5) is 0. The lowest BCUT2D eigenvalue weighted by Crippen LogP contribution is -2.27. The molecule has 0 aromatic carbocycles. The van der Waals surface area contributed by atoms with Gasteiger partial charge >= 0.3 is 0 Å². The van der Waals surface area contributed by atoms with Crippen LogP contribution in [0, 0.1) is 12.3 Å². The van der Waals surface area contributed by atoms with Crippen LogP contribution >= 0.6 is 11.3 Å². The summed E-state index contributed by atoms with van der Waals surface area (Å²) in [7, 11) is 0. The third-order valence-electron chi connectivity index (χ3n) is 4.12. The van der Waals surface area contributed by atoms with Crippen LogP contribution in [-0.2, 0) is 13.0 Å². The zero-order valence-corrected chi connectivity index (χ0v) is 12.6. The Balaban J connectivity index is 2.02. The quantitative estimate of drug-likeness (QED) is 0.883. The average Bonchev–Trinajstić information content (AvgIpc) is 2.90. The Morgan fingerprint density at radius 2 is 2.26 bits per heavy atom. The van der Waals surface area contributed by atoms with Gasteiger partial charge in [0.15, 0.2) is 0 Å². The van der Waals surface area contributed by atoms with Crippen molar-refractivity contribution in [3.63, 3.8) is 0 Å². The van der Waals surface area contributed by atoms with Crippen LogP contribution in [0.3, 0.4) is 0 Å². The normalized spacial score (nSPS) is 21.4. The molecule has 102 valence electrons. The molecule has 0 saturated carbocycles. The Hall–Kier alpha value is -1.06. The van der Waals surface area contributed by atoms with E-state index < -0.39 is 0 Å². The fourth-order valence-corrected chi connectivity index (χ4v) is 3.84. The van der Waals surface area contributed by atoms with Crippen molar-refractivity contribution < 1.29 is 5.11 Å². The van der Waals surface area contributed by atoms with Gasteiger partial charge in [-0.15, -0.1) is 0 Å². The molecule has 2 aromatic rings. The zero-order valence-electron chi connectivity index (χ0n) is 11.8. The molecule has 2 aromatic heterocycles. The molecule has 1 aliphatic carbocycles. The lowest BCUT2D eigenvalue weighted by Gasteiger charge is -2.34. The molecule has 2 heterocycles. The molecule has 0 aliphatic heterocycles. The van der Waals surface area contributed by atoms with Crippen molar-refractivity contribution in [1.29, 1.82) is 0 Å². The Labute approximate surface area is 118 Å². The van der Waals surface area contributed by atoms with Crippen LogP contribution in [-0.4, -0.2) is 9.67 Å². The highest BCUT2D eigenvalue weighted by molar-refractivity contribution is 7.07. The first-order valence-corrected chi connectivity index (χ1v) is 7.79. The fourth-order valence-electron chi connectivity index (χ4n) is 3.19. The van der Waals surface area contributed by atoms with Gasteiger partial charge in [0.2, 0.25) is 0 Å². The van der Waals surface area contributed by atoms with Gasteiger partial charge in [-0.05, 0) is 53.6 Å². The van der Waals surface area contributed by atoms with Crippen LogP contribution in [0.25, 0.3) is 0 Å². The van der Waals surface area contributed by atoms with E-state index in [1.807, 2.05) is 0 Å². The van der Waals surface area contributed by atoms with E-state index in [1.54, 1.807) is 11.3 Å². The van der Waals surface area contributed by atoms with Gasteiger partial charge in [-0.1, -0.05) is 13.8 Å². The number of nitrogens with zero attached hydrogens (tertiary/aromatic N) is 1. The van der Waals surface area contributed by atoms with Crippen LogP contribution in [0.15, 0.2) is 22.9 Å². The van der Waals surface area contributed by atoms with E-state index >= 15 is 0 Å². The molecule has 3 heteroatoms. The van der Waals surface area contributed by atoms with E-state index in [-0.39, 0.29) is 11.5 Å². The van der Waals surface area contributed by atoms with Gasteiger partial charge in [0.1, 0.15) is 0 Å². The topological polar surface area (TPSA) is 25.2 Å². The van der Waals surface area contributed by atoms with Crippen molar-refractivity contribution in [3.8, 4) is 0 Å². The molecule has 2 nitrogen and oxygen atoms in total. The molecule has 0 spiro atoms. The van der Waals surface area contributed by atoms with E-state index in [1.165, 1.54) is 17.0 Å². The molecule has 1 atom stereocenters. The number of aliphatic hydroxyl groups is 1. The minimum Gasteiger partial charge on any atom is -0.388 e. The molecule has 1 unspecified atom stereocenters. The van der Waals surface area contributed by atoms with E-state index in [0.717, 1.165) is 24.9 Å². The summed E-state index contributed by atoms with van der Waals surface area (Å²) in [5.41, 5.74) is 5.26. The van der Waals surface area contributed by atoms with Gasteiger partial charge < -0.3 is 9.67 Å². The molecule has 3 rings (SSSR count). The molecule has 0 amide bonds. The van der Waals surface area contributed by atoms with Crippen LogP contribution < -0.4 is 0 Å². The van der Waals surface area contributed by atoms with E-state index in [9.17, 15) is 5.11 Å². The number of aryl methyl sites for hydroxylation is 1. The highest BCUT2D eigenvalue weighted by Gasteiger charge is 2.33. The molecule has 1 aliphatic rings. The van der Waals surface area contributed by atoms with Gasteiger partial charge in [-0.25, -0.2) is 0 Å². The Bertz CT molecular complexity index is 580. The predicted molar refractivity (Wildman–Crippen MR) is 79.7 cm³/mol. The van der Waals surface area contributed by atoms with Gasteiger partial charge in [0.05, 0.1) is 6.10 Å². The lowest BCUT2D eigenvalue weighted by atomic mass is 9.75. The smallest absolute Gasteiger partial charge is 0.0812 e. The van der Waals surface area contributed by atoms with Crippen molar-refractivity contribution >= 4 is 11.3 Å². The van der Waals surface area contributed by atoms with Crippen LogP contribution in [0.4, 0.5) is 0 Å². The second-order valence-corrected chi connectivity index (χ2v) is 7.25. The first-order chi connectivity index (χ1) is 8.96. The van der Waals surface area contributed by atoms with E-state index in [2.05, 4.69) is 48.2 Å². The summed E-state index contributed by atoms with van der Waals surface area (Å²) in [5.74, 6) is 0. The predicted octanol–water partition coefficient (Wildman–Crippen LogP) is 3.91. The standard InChI is InChI=1S/C16H21NOS/c1-11-6-13-14(7-16(2,3)8-15(13)18)17(11)9-12-4-5-19-10-12/h4-6,10,15,18H,7-9H2,1-3H3. The number of rotatable bonds is 2. The molecule has 0 saturated heterocycles. The van der Waals surface area contributed by atoms with E-state index in [0.29, 0.717) is 0 Å². The third-order valence-corrected chi connectivity index (χ3v) is 4.85. The van der Waals surface area contributed by atoms with Crippen LogP contribution in [0.5, 0.6) is 0 Å². The molecule has 0 radical (unpaired) electrons. The average molecular weight is 275 g/mol. The number of aromatic nitrogens is 1. The second kappa shape index (κ2) is 4.50. The second-order valence-electron chi connectivity index (χ2n) is 6.47. The SMILES string of the molecule is Cc1cc2c(n1Cc1ccsc1)CC(C)(C)CC2O. The van der Waals surface area contributed by atoms with Gasteiger partial charge in [-0.3, -0.25) is 0 Å². The monoisotopic (exact) mass is 275 g/mol. The summed E-state index contributed by atoms with van der Waals surface area (Å²) in [6.07, 6.45) is 1.61. The molecule has 19 heavy (non-hydrogen) atoms. The molecular formula is C16H21NOS. The Morgan fingerprint density at radius 3 is 2.95 bits per heavy atom. The highest BCUT2D eigenvalue weighted by atomic mass is 32.1. The molecule has 1 N–H and O–H groups in total. The number of hydrogen-bond donors (Lipinski definition) is 1. The van der Waals surface area contributed by atoms with Gasteiger partial charge in [-0.2, -0.15) is 11.3 Å². The van der Waals surface area contributed by atoms with Crippen molar-refractivity contribution in [3.05, 3.63) is 45.4 Å². The highest BCUT2D eigenvalue weighted by Crippen LogP contribution is 2.42. The molecule has 0 fully saturated rings. The van der Waals surface area contributed by atoms with Crippen molar-refractivity contribution in [1.82, 2.24) is 4.57 Å². The summed E-state index contributed by atoms with van der Waals surface area (Å²) < 4.78 is 2.38. The molecule has 0 bridgehead atoms. The van der Waals surface area contributed by atoms with Gasteiger partial charge in [0.25, 0.3) is 0 Å². The van der Waals surface area contributed by atoms with E-state index in [4.69, 9.17) is 0 Å². The maximum Gasteiger partial charge on any atom is 0.0812 e. The largest absolute Gasteiger partial charge is 0.388 e.